The highest BCUT2D eigenvalue weighted by atomic mass is 19.1. The highest BCUT2D eigenvalue weighted by molar-refractivity contribution is 5.94. The first kappa shape index (κ1) is 19.5. The quantitative estimate of drug-likeness (QED) is 0.813. The van der Waals surface area contributed by atoms with Crippen molar-refractivity contribution in [3.63, 3.8) is 0 Å². The second-order valence-electron chi connectivity index (χ2n) is 6.95. The molecule has 5 nitrogen and oxygen atoms in total. The molecule has 1 amide bonds. The molecule has 0 spiro atoms. The Labute approximate surface area is 159 Å². The molecule has 6 heteroatoms. The number of halogens is 1. The molecule has 1 aromatic carbocycles. The van der Waals surface area contributed by atoms with Crippen molar-refractivity contribution in [2.75, 3.05) is 39.9 Å². The van der Waals surface area contributed by atoms with E-state index in [1.54, 1.807) is 37.6 Å². The fraction of sp³-hybridized carbons (Fsp3) is 0.429. The summed E-state index contributed by atoms with van der Waals surface area (Å²) in [5.41, 5.74) is 1.86. The summed E-state index contributed by atoms with van der Waals surface area (Å²) < 4.78 is 18.5. The third kappa shape index (κ3) is 5.58. The van der Waals surface area contributed by atoms with E-state index < -0.39 is 0 Å². The normalized spacial score (nSPS) is 17.6. The number of pyridine rings is 1. The molecule has 1 aromatic heterocycles. The second-order valence-corrected chi connectivity index (χ2v) is 6.95. The number of rotatable bonds is 7. The molecule has 0 radical (unpaired) electrons. The van der Waals surface area contributed by atoms with Crippen molar-refractivity contribution >= 4 is 5.91 Å². The number of carbonyl (C=O) groups is 1. The maximum Gasteiger partial charge on any atom is 0.252 e. The van der Waals surface area contributed by atoms with Crippen LogP contribution in [0.1, 0.15) is 23.2 Å². The Kier molecular flexibility index (Phi) is 6.90. The number of hydrogen-bond donors (Lipinski definition) is 1. The number of nitrogens with zero attached hydrogens (tertiary/aromatic N) is 2. The van der Waals surface area contributed by atoms with Gasteiger partial charge >= 0.3 is 0 Å². The van der Waals surface area contributed by atoms with E-state index in [-0.39, 0.29) is 11.7 Å². The van der Waals surface area contributed by atoms with E-state index in [2.05, 4.69) is 15.2 Å². The predicted octanol–water partition coefficient (Wildman–Crippen LogP) is 2.98. The molecule has 2 heterocycles. The van der Waals surface area contributed by atoms with Gasteiger partial charge in [0.15, 0.2) is 0 Å². The molecular formula is C21H26FN3O2. The summed E-state index contributed by atoms with van der Waals surface area (Å²) in [4.78, 5) is 19.1. The van der Waals surface area contributed by atoms with Gasteiger partial charge in [-0.1, -0.05) is 12.1 Å². The molecule has 1 aliphatic heterocycles. The van der Waals surface area contributed by atoms with Crippen LogP contribution in [0.25, 0.3) is 11.3 Å². The Morgan fingerprint density at radius 2 is 2.26 bits per heavy atom. The third-order valence-electron chi connectivity index (χ3n) is 4.91. The van der Waals surface area contributed by atoms with E-state index in [4.69, 9.17) is 4.74 Å². The fourth-order valence-electron chi connectivity index (χ4n) is 3.43. The first-order valence-electron chi connectivity index (χ1n) is 9.37. The number of ether oxygens (including phenoxy) is 1. The van der Waals surface area contributed by atoms with Crippen molar-refractivity contribution in [3.05, 3.63) is 54.0 Å². The van der Waals surface area contributed by atoms with Crippen LogP contribution in [0.5, 0.6) is 0 Å². The maximum absolute atomic E-state index is 13.3. The van der Waals surface area contributed by atoms with Gasteiger partial charge in [0.25, 0.3) is 5.91 Å². The van der Waals surface area contributed by atoms with E-state index in [1.165, 1.54) is 12.1 Å². The highest BCUT2D eigenvalue weighted by Crippen LogP contribution is 2.18. The topological polar surface area (TPSA) is 54.5 Å². The van der Waals surface area contributed by atoms with Gasteiger partial charge in [0.05, 0.1) is 17.9 Å². The lowest BCUT2D eigenvalue weighted by Gasteiger charge is -2.32. The number of hydrogen-bond acceptors (Lipinski definition) is 4. The molecule has 1 fully saturated rings. The van der Waals surface area contributed by atoms with E-state index in [0.29, 0.717) is 29.3 Å². The Morgan fingerprint density at radius 3 is 3.00 bits per heavy atom. The first-order valence-corrected chi connectivity index (χ1v) is 9.37. The van der Waals surface area contributed by atoms with Gasteiger partial charge < -0.3 is 15.0 Å². The maximum atomic E-state index is 13.3. The number of nitrogens with one attached hydrogen (secondary N) is 1. The van der Waals surface area contributed by atoms with Crippen molar-refractivity contribution in [2.45, 2.75) is 12.8 Å². The average Bonchev–Trinajstić information content (AvgIpc) is 2.71. The van der Waals surface area contributed by atoms with Crippen LogP contribution in [0.4, 0.5) is 4.39 Å². The van der Waals surface area contributed by atoms with Gasteiger partial charge in [-0.25, -0.2) is 4.39 Å². The Morgan fingerprint density at radius 1 is 1.37 bits per heavy atom. The Bertz CT molecular complexity index is 751. The lowest BCUT2D eigenvalue weighted by atomic mass is 9.98. The number of amides is 1. The van der Waals surface area contributed by atoms with Crippen LogP contribution in [0, 0.1) is 11.7 Å². The van der Waals surface area contributed by atoms with Gasteiger partial charge in [0.2, 0.25) is 0 Å². The molecule has 1 unspecified atom stereocenters. The van der Waals surface area contributed by atoms with Crippen LogP contribution in [-0.2, 0) is 4.74 Å². The smallest absolute Gasteiger partial charge is 0.252 e. The van der Waals surface area contributed by atoms with Crippen molar-refractivity contribution in [2.24, 2.45) is 5.92 Å². The number of likely N-dealkylation sites (tertiary alicyclic amines) is 1. The van der Waals surface area contributed by atoms with Crippen LogP contribution < -0.4 is 5.32 Å². The van der Waals surface area contributed by atoms with Gasteiger partial charge in [-0.05, 0) is 49.6 Å². The molecule has 1 saturated heterocycles. The average molecular weight is 371 g/mol. The highest BCUT2D eigenvalue weighted by Gasteiger charge is 2.20. The fourth-order valence-corrected chi connectivity index (χ4v) is 3.43. The summed E-state index contributed by atoms with van der Waals surface area (Å²) in [5, 5.41) is 3.02. The zero-order valence-corrected chi connectivity index (χ0v) is 15.7. The van der Waals surface area contributed by atoms with Crippen molar-refractivity contribution in [1.82, 2.24) is 15.2 Å². The lowest BCUT2D eigenvalue weighted by molar-refractivity contribution is 0.0913. The van der Waals surface area contributed by atoms with Crippen LogP contribution in [0.2, 0.25) is 0 Å². The Hall–Kier alpha value is -2.31. The van der Waals surface area contributed by atoms with E-state index in [0.717, 1.165) is 39.1 Å². The molecule has 0 bridgehead atoms. The van der Waals surface area contributed by atoms with Gasteiger partial charge in [0.1, 0.15) is 5.82 Å². The second kappa shape index (κ2) is 9.58. The van der Waals surface area contributed by atoms with E-state index in [9.17, 15) is 9.18 Å². The minimum Gasteiger partial charge on any atom is -0.383 e. The molecule has 1 N–H and O–H groups in total. The molecule has 3 rings (SSSR count). The minimum absolute atomic E-state index is 0.123. The van der Waals surface area contributed by atoms with Crippen molar-refractivity contribution < 1.29 is 13.9 Å². The molecule has 1 atom stereocenters. The van der Waals surface area contributed by atoms with Gasteiger partial charge in [-0.15, -0.1) is 0 Å². The summed E-state index contributed by atoms with van der Waals surface area (Å²) in [6.07, 6.45) is 3.82. The largest absolute Gasteiger partial charge is 0.383 e. The standard InChI is InChI=1S/C21H26FN3O2/c1-27-11-10-25-9-3-4-16(15-25)13-24-21(26)18-7-8-20(23-14-18)17-5-2-6-19(22)12-17/h2,5-8,12,14,16H,3-4,9-11,13,15H2,1H3,(H,24,26). The first-order chi connectivity index (χ1) is 13.2. The number of piperidine rings is 1. The zero-order valence-electron chi connectivity index (χ0n) is 15.7. The molecular weight excluding hydrogens is 345 g/mol. The zero-order chi connectivity index (χ0) is 19.1. The number of benzene rings is 1. The molecule has 144 valence electrons. The van der Waals surface area contributed by atoms with Gasteiger partial charge in [-0.3, -0.25) is 9.78 Å². The summed E-state index contributed by atoms with van der Waals surface area (Å²) in [5.74, 6) is 0.0320. The number of aromatic nitrogens is 1. The number of methoxy groups -OCH3 is 1. The Balaban J connectivity index is 1.52. The monoisotopic (exact) mass is 371 g/mol. The van der Waals surface area contributed by atoms with Crippen molar-refractivity contribution in [3.8, 4) is 11.3 Å². The van der Waals surface area contributed by atoms with E-state index >= 15 is 0 Å². The summed E-state index contributed by atoms with van der Waals surface area (Å²) in [7, 11) is 1.72. The molecule has 0 aliphatic carbocycles. The third-order valence-corrected chi connectivity index (χ3v) is 4.91. The minimum atomic E-state index is -0.303. The van der Waals surface area contributed by atoms with Gasteiger partial charge in [-0.2, -0.15) is 0 Å². The van der Waals surface area contributed by atoms with Crippen LogP contribution in [0.15, 0.2) is 42.6 Å². The van der Waals surface area contributed by atoms with Crippen LogP contribution >= 0.6 is 0 Å². The van der Waals surface area contributed by atoms with Gasteiger partial charge in [0, 0.05) is 38.5 Å². The van der Waals surface area contributed by atoms with E-state index in [1.807, 2.05) is 0 Å². The molecule has 27 heavy (non-hydrogen) atoms. The van der Waals surface area contributed by atoms with Crippen LogP contribution in [0.3, 0.4) is 0 Å². The number of carbonyl (C=O) groups excluding carboxylic acids is 1. The summed E-state index contributed by atoms with van der Waals surface area (Å²) >= 11 is 0. The SMILES string of the molecule is COCCN1CCCC(CNC(=O)c2ccc(-c3cccc(F)c3)nc2)C1. The van der Waals surface area contributed by atoms with Crippen molar-refractivity contribution in [1.29, 1.82) is 0 Å². The predicted molar refractivity (Wildman–Crippen MR) is 103 cm³/mol. The molecule has 2 aromatic rings. The lowest BCUT2D eigenvalue weighted by Crippen LogP contribution is -2.42. The molecule has 0 saturated carbocycles. The summed E-state index contributed by atoms with van der Waals surface area (Å²) in [6, 6.07) is 9.75. The summed E-state index contributed by atoms with van der Waals surface area (Å²) in [6.45, 7) is 4.42. The van der Waals surface area contributed by atoms with Crippen LogP contribution in [-0.4, -0.2) is 55.7 Å². The molecule has 1 aliphatic rings.